The van der Waals surface area contributed by atoms with Crippen LogP contribution < -0.4 is 5.32 Å². The van der Waals surface area contributed by atoms with E-state index in [9.17, 15) is 22.8 Å². The van der Waals surface area contributed by atoms with Crippen molar-refractivity contribution in [3.8, 4) is 0 Å². The Bertz CT molecular complexity index is 1010. The molecule has 30 heavy (non-hydrogen) atoms. The molecule has 0 radical (unpaired) electrons. The van der Waals surface area contributed by atoms with Crippen LogP contribution in [0.4, 0.5) is 5.69 Å². The molecule has 0 saturated carbocycles. The first-order valence-corrected chi connectivity index (χ1v) is 12.0. The maximum atomic E-state index is 12.8. The van der Waals surface area contributed by atoms with Crippen LogP contribution in [-0.2, 0) is 19.4 Å². The Balaban J connectivity index is 1.52. The number of para-hydroxylation sites is 1. The Hall–Kier alpha value is -2.75. The van der Waals surface area contributed by atoms with Crippen LogP contribution in [0.3, 0.4) is 0 Å². The van der Waals surface area contributed by atoms with E-state index in [-0.39, 0.29) is 41.9 Å². The predicted molar refractivity (Wildman–Crippen MR) is 111 cm³/mol. The smallest absolute Gasteiger partial charge is 0.271 e. The van der Waals surface area contributed by atoms with Crippen molar-refractivity contribution in [1.82, 2.24) is 9.91 Å². The van der Waals surface area contributed by atoms with Gasteiger partial charge in [0, 0.05) is 25.9 Å². The van der Waals surface area contributed by atoms with E-state index >= 15 is 0 Å². The van der Waals surface area contributed by atoms with Gasteiger partial charge in [-0.15, -0.1) is 0 Å². The van der Waals surface area contributed by atoms with Gasteiger partial charge in [-0.3, -0.25) is 14.4 Å². The number of anilines is 1. The molecule has 4 rings (SSSR count). The first-order chi connectivity index (χ1) is 14.3. The number of carbonyl (C=O) groups is 3. The van der Waals surface area contributed by atoms with E-state index in [0.717, 1.165) is 17.9 Å². The maximum absolute atomic E-state index is 12.8. The van der Waals surface area contributed by atoms with Crippen LogP contribution in [0.2, 0.25) is 0 Å². The fourth-order valence-electron chi connectivity index (χ4n) is 4.05. The molecular weight excluding hydrogens is 408 g/mol. The molecule has 0 aromatic heterocycles. The molecule has 1 aromatic carbocycles. The molecule has 3 heterocycles. The summed E-state index contributed by atoms with van der Waals surface area (Å²) in [7, 11) is -3.18. The zero-order valence-electron chi connectivity index (χ0n) is 16.5. The minimum Gasteiger partial charge on any atom is -0.339 e. The van der Waals surface area contributed by atoms with Gasteiger partial charge in [0.05, 0.1) is 28.8 Å². The molecule has 3 aliphatic rings. The third-order valence-corrected chi connectivity index (χ3v) is 7.43. The van der Waals surface area contributed by atoms with Gasteiger partial charge in [-0.2, -0.15) is 5.10 Å². The molecule has 2 saturated heterocycles. The van der Waals surface area contributed by atoms with Gasteiger partial charge in [0.1, 0.15) is 5.71 Å². The van der Waals surface area contributed by atoms with Crippen LogP contribution in [0, 0.1) is 0 Å². The number of benzene rings is 1. The number of sulfone groups is 1. The maximum Gasteiger partial charge on any atom is 0.271 e. The lowest BCUT2D eigenvalue weighted by Gasteiger charge is -2.27. The number of nitrogens with zero attached hydrogens (tertiary/aromatic N) is 3. The molecule has 0 spiro atoms. The average Bonchev–Trinajstić information content (AvgIpc) is 3.38. The first-order valence-electron chi connectivity index (χ1n) is 10.1. The normalized spacial score (nSPS) is 23.4. The molecule has 1 N–H and O–H groups in total. The molecule has 0 unspecified atom stereocenters. The van der Waals surface area contributed by atoms with Crippen molar-refractivity contribution in [3.05, 3.63) is 29.8 Å². The summed E-state index contributed by atoms with van der Waals surface area (Å²) in [5.41, 5.74) is 0.968. The molecular formula is C20H24N4O5S. The third kappa shape index (κ3) is 4.23. The highest BCUT2D eigenvalue weighted by Gasteiger charge is 2.37. The number of carbonyl (C=O) groups excluding carboxylic acids is 3. The number of likely N-dealkylation sites (tertiary alicyclic amines) is 1. The highest BCUT2D eigenvalue weighted by Crippen LogP contribution is 2.24. The zero-order chi connectivity index (χ0) is 21.3. The van der Waals surface area contributed by atoms with Crippen LogP contribution in [0.5, 0.6) is 0 Å². The monoisotopic (exact) mass is 432 g/mol. The van der Waals surface area contributed by atoms with E-state index in [2.05, 4.69) is 10.4 Å². The number of amides is 3. The van der Waals surface area contributed by atoms with Crippen LogP contribution in [-0.4, -0.2) is 72.4 Å². The Morgan fingerprint density at radius 3 is 2.53 bits per heavy atom. The summed E-state index contributed by atoms with van der Waals surface area (Å²) in [5.74, 6) is -1.01. The van der Waals surface area contributed by atoms with Gasteiger partial charge < -0.3 is 10.2 Å². The summed E-state index contributed by atoms with van der Waals surface area (Å²) >= 11 is 0. The van der Waals surface area contributed by atoms with Crippen LogP contribution in [0.1, 0.15) is 42.5 Å². The zero-order valence-corrected chi connectivity index (χ0v) is 17.4. The number of hydrazone groups is 1. The molecule has 3 amide bonds. The lowest BCUT2D eigenvalue weighted by Crippen LogP contribution is -2.42. The second kappa shape index (κ2) is 8.17. The molecule has 160 valence electrons. The van der Waals surface area contributed by atoms with Crippen molar-refractivity contribution < 1.29 is 22.8 Å². The van der Waals surface area contributed by atoms with E-state index in [0.29, 0.717) is 30.8 Å². The standard InChI is InChI=1S/C20H24N4O5S/c25-18-8-7-17(22-24(18)14-9-12-30(28,29)13-14)19(26)21-16-6-2-1-5-15(16)20(27)23-10-3-4-11-23/h1-2,5-6,14H,3-4,7-13H2,(H,21,26)/t14-/m1/s1. The van der Waals surface area contributed by atoms with Crippen molar-refractivity contribution in [2.75, 3.05) is 29.9 Å². The van der Waals surface area contributed by atoms with Crippen molar-refractivity contribution in [2.24, 2.45) is 5.10 Å². The van der Waals surface area contributed by atoms with Gasteiger partial charge in [-0.1, -0.05) is 12.1 Å². The minimum absolute atomic E-state index is 0.0183. The second-order valence-corrected chi connectivity index (χ2v) is 10.1. The summed E-state index contributed by atoms with van der Waals surface area (Å²) in [5, 5.41) is 8.10. The Morgan fingerprint density at radius 1 is 1.10 bits per heavy atom. The largest absolute Gasteiger partial charge is 0.339 e. The second-order valence-electron chi connectivity index (χ2n) is 7.84. The van der Waals surface area contributed by atoms with Gasteiger partial charge in [-0.05, 0) is 31.4 Å². The van der Waals surface area contributed by atoms with Crippen molar-refractivity contribution >= 4 is 39.0 Å². The summed E-state index contributed by atoms with van der Waals surface area (Å²) < 4.78 is 23.5. The van der Waals surface area contributed by atoms with Gasteiger partial charge in [0.25, 0.3) is 11.8 Å². The van der Waals surface area contributed by atoms with E-state index in [1.807, 2.05) is 0 Å². The SMILES string of the molecule is O=C(Nc1ccccc1C(=O)N1CCCC1)C1=NN([C@@H]2CCS(=O)(=O)C2)C(=O)CC1. The number of nitrogens with one attached hydrogen (secondary N) is 1. The summed E-state index contributed by atoms with van der Waals surface area (Å²) in [4.78, 5) is 39.6. The highest BCUT2D eigenvalue weighted by molar-refractivity contribution is 7.91. The quantitative estimate of drug-likeness (QED) is 0.763. The van der Waals surface area contributed by atoms with Crippen LogP contribution in [0.25, 0.3) is 0 Å². The van der Waals surface area contributed by atoms with E-state index < -0.39 is 21.8 Å². The molecule has 3 aliphatic heterocycles. The van der Waals surface area contributed by atoms with Gasteiger partial charge in [0.15, 0.2) is 9.84 Å². The molecule has 0 aliphatic carbocycles. The van der Waals surface area contributed by atoms with Gasteiger partial charge >= 0.3 is 0 Å². The Labute approximate surface area is 175 Å². The fourth-order valence-corrected chi connectivity index (χ4v) is 5.74. The molecule has 0 bridgehead atoms. The summed E-state index contributed by atoms with van der Waals surface area (Å²) in [6, 6.07) is 6.29. The molecule has 10 heteroatoms. The van der Waals surface area contributed by atoms with Crippen molar-refractivity contribution in [3.63, 3.8) is 0 Å². The van der Waals surface area contributed by atoms with E-state index in [1.54, 1.807) is 29.2 Å². The molecule has 2 fully saturated rings. The van der Waals surface area contributed by atoms with Crippen molar-refractivity contribution in [1.29, 1.82) is 0 Å². The lowest BCUT2D eigenvalue weighted by molar-refractivity contribution is -0.133. The lowest BCUT2D eigenvalue weighted by atomic mass is 10.1. The fraction of sp³-hybridized carbons (Fsp3) is 0.500. The highest BCUT2D eigenvalue weighted by atomic mass is 32.2. The Morgan fingerprint density at radius 2 is 1.83 bits per heavy atom. The molecule has 1 aromatic rings. The van der Waals surface area contributed by atoms with Crippen LogP contribution in [0.15, 0.2) is 29.4 Å². The van der Waals surface area contributed by atoms with Gasteiger partial charge in [0.2, 0.25) is 5.91 Å². The number of rotatable bonds is 4. The van der Waals surface area contributed by atoms with Crippen molar-refractivity contribution in [2.45, 2.75) is 38.1 Å². The summed E-state index contributed by atoms with van der Waals surface area (Å²) in [6.07, 6.45) is 2.52. The first kappa shape index (κ1) is 20.5. The van der Waals surface area contributed by atoms with Crippen LogP contribution >= 0.6 is 0 Å². The predicted octanol–water partition coefficient (Wildman–Crippen LogP) is 1.03. The number of hydrogen-bond donors (Lipinski definition) is 1. The topological polar surface area (TPSA) is 116 Å². The average molecular weight is 433 g/mol. The Kier molecular flexibility index (Phi) is 5.59. The van der Waals surface area contributed by atoms with Gasteiger partial charge in [-0.25, -0.2) is 13.4 Å². The minimum atomic E-state index is -3.18. The number of hydrogen-bond acceptors (Lipinski definition) is 6. The van der Waals surface area contributed by atoms with E-state index in [4.69, 9.17) is 0 Å². The summed E-state index contributed by atoms with van der Waals surface area (Å²) in [6.45, 7) is 1.41. The third-order valence-electron chi connectivity index (χ3n) is 5.67. The molecule has 9 nitrogen and oxygen atoms in total. The molecule has 1 atom stereocenters. The van der Waals surface area contributed by atoms with E-state index in [1.165, 1.54) is 0 Å².